The number of halogens is 1. The van der Waals surface area contributed by atoms with Crippen LogP contribution in [0.4, 0.5) is 4.39 Å². The molecule has 0 saturated carbocycles. The van der Waals surface area contributed by atoms with Crippen LogP contribution < -0.4 is 5.32 Å². The van der Waals surface area contributed by atoms with Crippen molar-refractivity contribution in [2.45, 2.75) is 32.4 Å². The predicted molar refractivity (Wildman–Crippen MR) is 73.1 cm³/mol. The van der Waals surface area contributed by atoms with Crippen molar-refractivity contribution in [2.24, 2.45) is 5.92 Å². The molecule has 0 radical (unpaired) electrons. The van der Waals surface area contributed by atoms with Crippen molar-refractivity contribution in [3.8, 4) is 0 Å². The van der Waals surface area contributed by atoms with Crippen molar-refractivity contribution in [1.82, 2.24) is 10.2 Å². The van der Waals surface area contributed by atoms with Crippen LogP contribution in [0, 0.1) is 11.7 Å². The van der Waals surface area contributed by atoms with E-state index in [0.717, 1.165) is 19.4 Å². The monoisotopic (exact) mass is 264 g/mol. The molecule has 1 N–H and O–H groups in total. The van der Waals surface area contributed by atoms with Crippen LogP contribution in [0.1, 0.15) is 25.3 Å². The fourth-order valence-electron chi connectivity index (χ4n) is 2.63. The Bertz CT molecular complexity index is 450. The normalized spacial score (nSPS) is 23.1. The molecule has 2 unspecified atom stereocenters. The average molecular weight is 264 g/mol. The lowest BCUT2D eigenvalue weighted by molar-refractivity contribution is -0.135. The third-order valence-corrected chi connectivity index (χ3v) is 3.71. The molecule has 2 rings (SSSR count). The van der Waals surface area contributed by atoms with Crippen LogP contribution in [0.3, 0.4) is 0 Å². The van der Waals surface area contributed by atoms with Crippen LogP contribution in [0.5, 0.6) is 0 Å². The molecule has 1 aromatic rings. The first-order chi connectivity index (χ1) is 9.08. The summed E-state index contributed by atoms with van der Waals surface area (Å²) in [6, 6.07) is 6.99. The van der Waals surface area contributed by atoms with Gasteiger partial charge >= 0.3 is 0 Å². The second-order valence-corrected chi connectivity index (χ2v) is 5.36. The summed E-state index contributed by atoms with van der Waals surface area (Å²) in [5, 5.41) is 3.33. The van der Waals surface area contributed by atoms with Gasteiger partial charge in [0.05, 0.1) is 0 Å². The molecule has 1 aliphatic heterocycles. The van der Waals surface area contributed by atoms with E-state index in [1.54, 1.807) is 30.1 Å². The topological polar surface area (TPSA) is 32.3 Å². The molecular formula is C15H21FN2O. The molecule has 0 aromatic heterocycles. The van der Waals surface area contributed by atoms with Crippen LogP contribution >= 0.6 is 0 Å². The van der Waals surface area contributed by atoms with Gasteiger partial charge in [-0.3, -0.25) is 4.79 Å². The molecule has 0 aliphatic carbocycles. The minimum Gasteiger partial charge on any atom is -0.341 e. The first-order valence-electron chi connectivity index (χ1n) is 6.79. The Morgan fingerprint density at radius 2 is 2.21 bits per heavy atom. The molecule has 2 atom stereocenters. The molecule has 1 aliphatic rings. The SMILES string of the molecule is CC1CC(C(=O)N(C)Cc2ccccc2F)CCN1. The van der Waals surface area contributed by atoms with Crippen LogP contribution in [-0.4, -0.2) is 30.4 Å². The summed E-state index contributed by atoms with van der Waals surface area (Å²) in [6.07, 6.45) is 1.73. The van der Waals surface area contributed by atoms with E-state index in [2.05, 4.69) is 12.2 Å². The number of amides is 1. The van der Waals surface area contributed by atoms with Crippen molar-refractivity contribution in [3.63, 3.8) is 0 Å². The number of nitrogens with zero attached hydrogens (tertiary/aromatic N) is 1. The van der Waals surface area contributed by atoms with Gasteiger partial charge in [-0.25, -0.2) is 4.39 Å². The lowest BCUT2D eigenvalue weighted by Gasteiger charge is -2.30. The zero-order chi connectivity index (χ0) is 13.8. The van der Waals surface area contributed by atoms with Gasteiger partial charge in [0.15, 0.2) is 0 Å². The van der Waals surface area contributed by atoms with Crippen molar-refractivity contribution in [1.29, 1.82) is 0 Å². The van der Waals surface area contributed by atoms with Crippen molar-refractivity contribution >= 4 is 5.91 Å². The van der Waals surface area contributed by atoms with E-state index in [1.165, 1.54) is 6.07 Å². The molecule has 1 aromatic carbocycles. The van der Waals surface area contributed by atoms with E-state index in [9.17, 15) is 9.18 Å². The zero-order valence-corrected chi connectivity index (χ0v) is 11.5. The van der Waals surface area contributed by atoms with Crippen LogP contribution in [0.2, 0.25) is 0 Å². The van der Waals surface area contributed by atoms with Gasteiger partial charge in [-0.15, -0.1) is 0 Å². The third kappa shape index (κ3) is 3.53. The van der Waals surface area contributed by atoms with Gasteiger partial charge in [0.1, 0.15) is 5.82 Å². The van der Waals surface area contributed by atoms with E-state index < -0.39 is 0 Å². The second kappa shape index (κ2) is 6.15. The minimum atomic E-state index is -0.249. The second-order valence-electron chi connectivity index (χ2n) is 5.36. The van der Waals surface area contributed by atoms with E-state index in [-0.39, 0.29) is 17.6 Å². The number of benzene rings is 1. The highest BCUT2D eigenvalue weighted by atomic mass is 19.1. The number of nitrogens with one attached hydrogen (secondary N) is 1. The molecule has 1 heterocycles. The first-order valence-corrected chi connectivity index (χ1v) is 6.79. The van der Waals surface area contributed by atoms with Gasteiger partial charge in [0.2, 0.25) is 5.91 Å². The Morgan fingerprint density at radius 1 is 1.47 bits per heavy atom. The summed E-state index contributed by atoms with van der Waals surface area (Å²) in [4.78, 5) is 14.0. The lowest BCUT2D eigenvalue weighted by Crippen LogP contribution is -2.42. The maximum atomic E-state index is 13.6. The molecule has 0 spiro atoms. The number of hydrogen-bond donors (Lipinski definition) is 1. The van der Waals surface area contributed by atoms with Crippen molar-refractivity contribution < 1.29 is 9.18 Å². The summed E-state index contributed by atoms with van der Waals surface area (Å²) in [6.45, 7) is 3.31. The van der Waals surface area contributed by atoms with Crippen molar-refractivity contribution in [2.75, 3.05) is 13.6 Å². The predicted octanol–water partition coefficient (Wildman–Crippen LogP) is 2.17. The lowest BCUT2D eigenvalue weighted by atomic mass is 9.92. The van der Waals surface area contributed by atoms with Crippen molar-refractivity contribution in [3.05, 3.63) is 35.6 Å². The van der Waals surface area contributed by atoms with Gasteiger partial charge in [-0.1, -0.05) is 18.2 Å². The van der Waals surface area contributed by atoms with E-state index in [0.29, 0.717) is 18.2 Å². The van der Waals surface area contributed by atoms with Crippen LogP contribution in [-0.2, 0) is 11.3 Å². The first kappa shape index (κ1) is 14.0. The number of hydrogen-bond acceptors (Lipinski definition) is 2. The highest BCUT2D eigenvalue weighted by molar-refractivity contribution is 5.78. The maximum absolute atomic E-state index is 13.6. The molecule has 4 heteroatoms. The third-order valence-electron chi connectivity index (χ3n) is 3.71. The molecule has 104 valence electrons. The summed E-state index contributed by atoms with van der Waals surface area (Å²) in [5.74, 6) is -0.0644. The highest BCUT2D eigenvalue weighted by Gasteiger charge is 2.27. The maximum Gasteiger partial charge on any atom is 0.225 e. The average Bonchev–Trinajstić information content (AvgIpc) is 2.40. The number of piperidine rings is 1. The molecular weight excluding hydrogens is 243 g/mol. The van der Waals surface area contributed by atoms with E-state index in [1.807, 2.05) is 0 Å². The van der Waals surface area contributed by atoms with Gasteiger partial charge in [0.25, 0.3) is 0 Å². The zero-order valence-electron chi connectivity index (χ0n) is 11.5. The van der Waals surface area contributed by atoms with Gasteiger partial charge < -0.3 is 10.2 Å². The van der Waals surface area contributed by atoms with E-state index >= 15 is 0 Å². The number of carbonyl (C=O) groups excluding carboxylic acids is 1. The largest absolute Gasteiger partial charge is 0.341 e. The molecule has 1 saturated heterocycles. The van der Waals surface area contributed by atoms with Gasteiger partial charge in [-0.2, -0.15) is 0 Å². The Hall–Kier alpha value is -1.42. The Labute approximate surface area is 113 Å². The summed E-state index contributed by atoms with van der Waals surface area (Å²) < 4.78 is 13.6. The molecule has 1 amide bonds. The number of carbonyl (C=O) groups is 1. The Balaban J connectivity index is 1.97. The standard InChI is InChI=1S/C15H21FN2O/c1-11-9-12(7-8-17-11)15(19)18(2)10-13-5-3-4-6-14(13)16/h3-6,11-12,17H,7-10H2,1-2H3. The molecule has 1 fully saturated rings. The Morgan fingerprint density at radius 3 is 2.89 bits per heavy atom. The highest BCUT2D eigenvalue weighted by Crippen LogP contribution is 2.19. The molecule has 19 heavy (non-hydrogen) atoms. The number of rotatable bonds is 3. The van der Waals surface area contributed by atoms with Gasteiger partial charge in [-0.05, 0) is 32.4 Å². The van der Waals surface area contributed by atoms with Gasteiger partial charge in [0, 0.05) is 31.1 Å². The smallest absolute Gasteiger partial charge is 0.225 e. The summed E-state index contributed by atoms with van der Waals surface area (Å²) in [5.41, 5.74) is 0.570. The summed E-state index contributed by atoms with van der Waals surface area (Å²) >= 11 is 0. The Kier molecular flexibility index (Phi) is 4.53. The fourth-order valence-corrected chi connectivity index (χ4v) is 2.63. The molecule has 0 bridgehead atoms. The summed E-state index contributed by atoms with van der Waals surface area (Å²) in [7, 11) is 1.75. The van der Waals surface area contributed by atoms with E-state index in [4.69, 9.17) is 0 Å². The fraction of sp³-hybridized carbons (Fsp3) is 0.533. The minimum absolute atomic E-state index is 0.0630. The quantitative estimate of drug-likeness (QED) is 0.907. The van der Waals surface area contributed by atoms with Crippen LogP contribution in [0.25, 0.3) is 0 Å². The van der Waals surface area contributed by atoms with Crippen LogP contribution in [0.15, 0.2) is 24.3 Å². The molecule has 3 nitrogen and oxygen atoms in total.